The Morgan fingerprint density at radius 3 is 2.88 bits per heavy atom. The molecule has 0 radical (unpaired) electrons. The Hall–Kier alpha value is -0.990. The molecule has 92 valence electrons. The molecule has 0 spiro atoms. The molecule has 0 saturated carbocycles. The Labute approximate surface area is 108 Å². The average molecular weight is 251 g/mol. The van der Waals surface area contributed by atoms with E-state index in [4.69, 9.17) is 11.6 Å². The molecule has 0 atom stereocenters. The first-order chi connectivity index (χ1) is 8.26. The van der Waals surface area contributed by atoms with E-state index in [1.54, 1.807) is 0 Å². The summed E-state index contributed by atoms with van der Waals surface area (Å²) in [5, 5.41) is 5.31. The number of nitrogens with one attached hydrogen (secondary N) is 1. The van der Waals surface area contributed by atoms with Gasteiger partial charge in [0.15, 0.2) is 0 Å². The molecule has 1 aromatic heterocycles. The van der Waals surface area contributed by atoms with Gasteiger partial charge in [-0.25, -0.2) is 0 Å². The molecule has 1 heterocycles. The summed E-state index contributed by atoms with van der Waals surface area (Å²) < 4.78 is 2.29. The van der Waals surface area contributed by atoms with Gasteiger partial charge in [-0.3, -0.25) is 0 Å². The maximum absolute atomic E-state index is 6.08. The van der Waals surface area contributed by atoms with E-state index in [1.807, 2.05) is 13.1 Å². The molecule has 0 unspecified atom stereocenters. The van der Waals surface area contributed by atoms with E-state index < -0.39 is 0 Å². The van der Waals surface area contributed by atoms with Crippen LogP contribution in [0.2, 0.25) is 5.02 Å². The smallest absolute Gasteiger partial charge is 0.0484 e. The van der Waals surface area contributed by atoms with Gasteiger partial charge in [0.1, 0.15) is 0 Å². The van der Waals surface area contributed by atoms with Crippen molar-refractivity contribution in [3.63, 3.8) is 0 Å². The number of hydrogen-bond donors (Lipinski definition) is 1. The summed E-state index contributed by atoms with van der Waals surface area (Å²) >= 11 is 6.08. The van der Waals surface area contributed by atoms with E-state index in [0.717, 1.165) is 31.0 Å². The summed E-state index contributed by atoms with van der Waals surface area (Å²) in [7, 11) is 1.99. The van der Waals surface area contributed by atoms with Gasteiger partial charge in [0.05, 0.1) is 0 Å². The van der Waals surface area contributed by atoms with Gasteiger partial charge in [-0.15, -0.1) is 0 Å². The number of halogens is 1. The van der Waals surface area contributed by atoms with Crippen LogP contribution >= 0.6 is 11.6 Å². The highest BCUT2D eigenvalue weighted by Gasteiger charge is 2.07. The Morgan fingerprint density at radius 2 is 2.18 bits per heavy atom. The zero-order valence-electron chi connectivity index (χ0n) is 10.5. The number of aromatic nitrogens is 1. The second-order valence-electron chi connectivity index (χ2n) is 4.31. The second kappa shape index (κ2) is 5.56. The number of benzene rings is 1. The Morgan fingerprint density at radius 1 is 1.35 bits per heavy atom. The number of rotatable bonds is 5. The van der Waals surface area contributed by atoms with E-state index in [1.165, 1.54) is 16.5 Å². The lowest BCUT2D eigenvalue weighted by atomic mass is 10.1. The molecule has 2 rings (SSSR count). The summed E-state index contributed by atoms with van der Waals surface area (Å²) in [4.78, 5) is 0. The zero-order valence-corrected chi connectivity index (χ0v) is 11.2. The van der Waals surface area contributed by atoms with Gasteiger partial charge in [0.25, 0.3) is 0 Å². The first-order valence-corrected chi connectivity index (χ1v) is 6.56. The van der Waals surface area contributed by atoms with E-state index in [2.05, 4.69) is 35.1 Å². The van der Waals surface area contributed by atoms with Crippen LogP contribution in [-0.2, 0) is 13.0 Å². The quantitative estimate of drug-likeness (QED) is 0.805. The fraction of sp³-hybridized carbons (Fsp3) is 0.429. The van der Waals surface area contributed by atoms with Crippen LogP contribution < -0.4 is 5.32 Å². The third-order valence-electron chi connectivity index (χ3n) is 3.14. The Kier molecular flexibility index (Phi) is 4.08. The molecule has 0 aliphatic rings. The third-order valence-corrected chi connectivity index (χ3v) is 3.37. The monoisotopic (exact) mass is 250 g/mol. The fourth-order valence-corrected chi connectivity index (χ4v) is 2.43. The largest absolute Gasteiger partial charge is 0.347 e. The van der Waals surface area contributed by atoms with Crippen molar-refractivity contribution in [3.05, 3.63) is 35.0 Å². The molecule has 2 aromatic rings. The van der Waals surface area contributed by atoms with Crippen LogP contribution in [0.1, 0.15) is 18.9 Å². The fourth-order valence-electron chi connectivity index (χ4n) is 2.26. The molecular weight excluding hydrogens is 232 g/mol. The lowest BCUT2D eigenvalue weighted by Crippen LogP contribution is -2.08. The van der Waals surface area contributed by atoms with Crippen molar-refractivity contribution >= 4 is 22.5 Å². The van der Waals surface area contributed by atoms with Crippen LogP contribution in [0, 0.1) is 0 Å². The predicted octanol–water partition coefficient (Wildman–Crippen LogP) is 3.47. The highest BCUT2D eigenvalue weighted by Crippen LogP contribution is 2.25. The molecule has 3 heteroatoms. The highest BCUT2D eigenvalue weighted by molar-refractivity contribution is 6.31. The maximum atomic E-state index is 6.08. The maximum Gasteiger partial charge on any atom is 0.0484 e. The number of fused-ring (bicyclic) bond motifs is 1. The minimum atomic E-state index is 0.821. The topological polar surface area (TPSA) is 17.0 Å². The average Bonchev–Trinajstić information content (AvgIpc) is 2.67. The van der Waals surface area contributed by atoms with Gasteiger partial charge in [0.2, 0.25) is 0 Å². The molecule has 0 fully saturated rings. The van der Waals surface area contributed by atoms with Gasteiger partial charge >= 0.3 is 0 Å². The van der Waals surface area contributed by atoms with Crippen LogP contribution in [-0.4, -0.2) is 18.2 Å². The van der Waals surface area contributed by atoms with Gasteiger partial charge in [-0.05, 0) is 57.1 Å². The molecule has 1 N–H and O–H groups in total. The first kappa shape index (κ1) is 12.5. The summed E-state index contributed by atoms with van der Waals surface area (Å²) in [6.45, 7) is 4.23. The molecule has 0 bridgehead atoms. The standard InChI is InChI=1S/C14H19ClN2/c1-3-17-10-11(5-4-8-16-2)13-9-12(15)6-7-14(13)17/h6-7,9-10,16H,3-5,8H2,1-2H3. The summed E-state index contributed by atoms with van der Waals surface area (Å²) in [6.07, 6.45) is 4.52. The first-order valence-electron chi connectivity index (χ1n) is 6.18. The van der Waals surface area contributed by atoms with E-state index in [-0.39, 0.29) is 0 Å². The lowest BCUT2D eigenvalue weighted by molar-refractivity contribution is 0.721. The summed E-state index contributed by atoms with van der Waals surface area (Å²) in [6, 6.07) is 6.16. The van der Waals surface area contributed by atoms with Crippen LogP contribution in [0.5, 0.6) is 0 Å². The molecule has 17 heavy (non-hydrogen) atoms. The Bertz CT molecular complexity index is 502. The normalized spacial score (nSPS) is 11.2. The van der Waals surface area contributed by atoms with Crippen LogP contribution in [0.25, 0.3) is 10.9 Å². The minimum Gasteiger partial charge on any atom is -0.347 e. The predicted molar refractivity (Wildman–Crippen MR) is 74.9 cm³/mol. The third kappa shape index (κ3) is 2.64. The van der Waals surface area contributed by atoms with Crippen molar-refractivity contribution in [1.29, 1.82) is 0 Å². The number of nitrogens with zero attached hydrogens (tertiary/aromatic N) is 1. The highest BCUT2D eigenvalue weighted by atomic mass is 35.5. The van der Waals surface area contributed by atoms with Gasteiger partial charge in [0, 0.05) is 28.7 Å². The number of hydrogen-bond acceptors (Lipinski definition) is 1. The van der Waals surface area contributed by atoms with Gasteiger partial charge < -0.3 is 9.88 Å². The van der Waals surface area contributed by atoms with Crippen molar-refractivity contribution in [1.82, 2.24) is 9.88 Å². The number of aryl methyl sites for hydroxylation is 2. The van der Waals surface area contributed by atoms with Crippen LogP contribution in [0.3, 0.4) is 0 Å². The van der Waals surface area contributed by atoms with Crippen molar-refractivity contribution in [3.8, 4) is 0 Å². The van der Waals surface area contributed by atoms with E-state index >= 15 is 0 Å². The summed E-state index contributed by atoms with van der Waals surface area (Å²) in [5.74, 6) is 0. The van der Waals surface area contributed by atoms with Crippen molar-refractivity contribution < 1.29 is 0 Å². The van der Waals surface area contributed by atoms with Crippen LogP contribution in [0.15, 0.2) is 24.4 Å². The Balaban J connectivity index is 2.36. The molecular formula is C14H19ClN2. The second-order valence-corrected chi connectivity index (χ2v) is 4.75. The molecule has 1 aromatic carbocycles. The molecule has 0 amide bonds. The van der Waals surface area contributed by atoms with Crippen LogP contribution in [0.4, 0.5) is 0 Å². The van der Waals surface area contributed by atoms with E-state index in [0.29, 0.717) is 0 Å². The van der Waals surface area contributed by atoms with Crippen molar-refractivity contribution in [2.45, 2.75) is 26.3 Å². The SMILES string of the molecule is CCn1cc(CCCNC)c2cc(Cl)ccc21. The van der Waals surface area contributed by atoms with E-state index in [9.17, 15) is 0 Å². The molecule has 0 aliphatic heterocycles. The van der Waals surface area contributed by atoms with Crippen molar-refractivity contribution in [2.24, 2.45) is 0 Å². The minimum absolute atomic E-state index is 0.821. The van der Waals surface area contributed by atoms with Crippen molar-refractivity contribution in [2.75, 3.05) is 13.6 Å². The molecule has 2 nitrogen and oxygen atoms in total. The zero-order chi connectivity index (χ0) is 12.3. The van der Waals surface area contributed by atoms with Gasteiger partial charge in [-0.1, -0.05) is 11.6 Å². The van der Waals surface area contributed by atoms with Gasteiger partial charge in [-0.2, -0.15) is 0 Å². The summed E-state index contributed by atoms with van der Waals surface area (Å²) in [5.41, 5.74) is 2.69. The lowest BCUT2D eigenvalue weighted by Gasteiger charge is -2.00. The molecule has 0 aliphatic carbocycles. The molecule has 0 saturated heterocycles.